The molecule has 0 saturated carbocycles. The third-order valence-electron chi connectivity index (χ3n) is 3.20. The monoisotopic (exact) mass is 326 g/mol. The smallest absolute Gasteiger partial charge is 0.0316 e. The summed E-state index contributed by atoms with van der Waals surface area (Å²) in [6.07, 6.45) is 3.33. The van der Waals surface area contributed by atoms with Crippen molar-refractivity contribution in [3.8, 4) is 0 Å². The number of benzene rings is 2. The Bertz CT molecular complexity index is 489. The molecule has 0 amide bonds. The van der Waals surface area contributed by atoms with Crippen LogP contribution in [0, 0.1) is 0 Å². The minimum absolute atomic E-state index is 0. The van der Waals surface area contributed by atoms with Gasteiger partial charge in [-0.05, 0) is 55.6 Å². The van der Waals surface area contributed by atoms with Crippen LogP contribution in [0.1, 0.15) is 17.5 Å². The fourth-order valence-corrected chi connectivity index (χ4v) is 2.17. The van der Waals surface area contributed by atoms with E-state index in [1.807, 2.05) is 12.1 Å². The molecule has 2 nitrogen and oxygen atoms in total. The van der Waals surface area contributed by atoms with Crippen LogP contribution in [0.4, 0.5) is 5.69 Å². The molecule has 0 fully saturated rings. The lowest BCUT2D eigenvalue weighted by atomic mass is 10.1. The Morgan fingerprint density at radius 2 is 1.48 bits per heavy atom. The van der Waals surface area contributed by atoms with Crippen LogP contribution in [0.3, 0.4) is 0 Å². The first-order valence-corrected chi connectivity index (χ1v) is 6.93. The zero-order valence-corrected chi connectivity index (χ0v) is 13.8. The molecule has 2 aromatic rings. The molecule has 0 saturated heterocycles. The van der Waals surface area contributed by atoms with Gasteiger partial charge < -0.3 is 11.1 Å². The average molecular weight is 327 g/mol. The van der Waals surface area contributed by atoms with Crippen LogP contribution in [0.15, 0.2) is 54.6 Å². The summed E-state index contributed by atoms with van der Waals surface area (Å²) in [5.41, 5.74) is 9.33. The summed E-state index contributed by atoms with van der Waals surface area (Å²) in [5, 5.41) is 3.49. The molecule has 4 heteroatoms. The van der Waals surface area contributed by atoms with Crippen molar-refractivity contribution >= 4 is 30.5 Å². The number of nitrogens with two attached hydrogens (primary N) is 1. The number of halogens is 2. The fraction of sp³-hybridized carbons (Fsp3) is 0.294. The number of aryl methyl sites for hydroxylation is 1. The van der Waals surface area contributed by atoms with Crippen LogP contribution in [0.2, 0.25) is 0 Å². The minimum Gasteiger partial charge on any atom is -0.399 e. The molecular weight excluding hydrogens is 303 g/mol. The molecule has 21 heavy (non-hydrogen) atoms. The van der Waals surface area contributed by atoms with Gasteiger partial charge in [0.25, 0.3) is 0 Å². The maximum absolute atomic E-state index is 5.76. The van der Waals surface area contributed by atoms with Crippen molar-refractivity contribution in [1.82, 2.24) is 5.32 Å². The van der Waals surface area contributed by atoms with E-state index in [9.17, 15) is 0 Å². The van der Waals surface area contributed by atoms with E-state index in [2.05, 4.69) is 47.8 Å². The van der Waals surface area contributed by atoms with Crippen LogP contribution in [0.25, 0.3) is 0 Å². The van der Waals surface area contributed by atoms with E-state index in [1.54, 1.807) is 0 Å². The van der Waals surface area contributed by atoms with Gasteiger partial charge in [-0.2, -0.15) is 0 Å². The molecular formula is C17H24Cl2N2. The van der Waals surface area contributed by atoms with Gasteiger partial charge in [0.1, 0.15) is 0 Å². The second-order valence-corrected chi connectivity index (χ2v) is 4.83. The van der Waals surface area contributed by atoms with Crippen molar-refractivity contribution < 1.29 is 0 Å². The van der Waals surface area contributed by atoms with Gasteiger partial charge in [-0.3, -0.25) is 0 Å². The van der Waals surface area contributed by atoms with Gasteiger partial charge in [0.15, 0.2) is 0 Å². The maximum Gasteiger partial charge on any atom is 0.0316 e. The minimum atomic E-state index is 0. The third-order valence-corrected chi connectivity index (χ3v) is 3.20. The van der Waals surface area contributed by atoms with Gasteiger partial charge in [0, 0.05) is 5.69 Å². The Balaban J connectivity index is 0.00000200. The van der Waals surface area contributed by atoms with Gasteiger partial charge in [-0.15, -0.1) is 24.8 Å². The molecule has 0 radical (unpaired) electrons. The summed E-state index contributed by atoms with van der Waals surface area (Å²) < 4.78 is 0. The number of hydrogen-bond acceptors (Lipinski definition) is 2. The van der Waals surface area contributed by atoms with E-state index in [-0.39, 0.29) is 24.8 Å². The lowest BCUT2D eigenvalue weighted by Gasteiger charge is -2.05. The molecule has 0 spiro atoms. The lowest BCUT2D eigenvalue weighted by molar-refractivity contribution is 0.647. The van der Waals surface area contributed by atoms with E-state index in [0.29, 0.717) is 0 Å². The largest absolute Gasteiger partial charge is 0.399 e. The first-order valence-electron chi connectivity index (χ1n) is 6.93. The Kier molecular flexibility index (Phi) is 10.8. The number of rotatable bonds is 7. The predicted octanol–water partition coefficient (Wildman–Crippen LogP) is 3.88. The lowest BCUT2D eigenvalue weighted by Crippen LogP contribution is -2.18. The highest BCUT2D eigenvalue weighted by Gasteiger charge is 1.95. The van der Waals surface area contributed by atoms with E-state index in [4.69, 9.17) is 5.73 Å². The van der Waals surface area contributed by atoms with Crippen LogP contribution in [0.5, 0.6) is 0 Å². The predicted molar refractivity (Wildman–Crippen MR) is 96.7 cm³/mol. The van der Waals surface area contributed by atoms with Gasteiger partial charge in [-0.25, -0.2) is 0 Å². The zero-order valence-electron chi connectivity index (χ0n) is 12.1. The molecule has 0 unspecified atom stereocenters. The van der Waals surface area contributed by atoms with Gasteiger partial charge in [0.2, 0.25) is 0 Å². The second kappa shape index (κ2) is 11.4. The number of anilines is 1. The van der Waals surface area contributed by atoms with Crippen molar-refractivity contribution in [1.29, 1.82) is 0 Å². The Morgan fingerprint density at radius 3 is 2.19 bits per heavy atom. The van der Waals surface area contributed by atoms with Crippen molar-refractivity contribution in [3.63, 3.8) is 0 Å². The van der Waals surface area contributed by atoms with Gasteiger partial charge in [-0.1, -0.05) is 42.5 Å². The van der Waals surface area contributed by atoms with E-state index in [1.165, 1.54) is 11.1 Å². The molecule has 0 bridgehead atoms. The molecule has 0 atom stereocenters. The second-order valence-electron chi connectivity index (χ2n) is 4.83. The van der Waals surface area contributed by atoms with E-state index < -0.39 is 0 Å². The number of nitrogen functional groups attached to an aromatic ring is 1. The Hall–Kier alpha value is -1.22. The topological polar surface area (TPSA) is 38.0 Å². The molecule has 0 aliphatic carbocycles. The Morgan fingerprint density at radius 1 is 0.762 bits per heavy atom. The van der Waals surface area contributed by atoms with Crippen LogP contribution in [-0.2, 0) is 12.8 Å². The van der Waals surface area contributed by atoms with Crippen LogP contribution >= 0.6 is 24.8 Å². The van der Waals surface area contributed by atoms with E-state index in [0.717, 1.165) is 38.0 Å². The summed E-state index contributed by atoms with van der Waals surface area (Å²) >= 11 is 0. The first-order chi connectivity index (χ1) is 9.34. The molecule has 3 N–H and O–H groups in total. The van der Waals surface area contributed by atoms with Crippen molar-refractivity contribution in [2.75, 3.05) is 18.8 Å². The normalized spacial score (nSPS) is 9.52. The highest BCUT2D eigenvalue weighted by atomic mass is 35.5. The van der Waals surface area contributed by atoms with Gasteiger partial charge in [0.05, 0.1) is 0 Å². The summed E-state index contributed by atoms with van der Waals surface area (Å²) in [4.78, 5) is 0. The summed E-state index contributed by atoms with van der Waals surface area (Å²) in [6, 6.07) is 18.7. The number of nitrogens with one attached hydrogen (secondary N) is 1. The fourth-order valence-electron chi connectivity index (χ4n) is 2.17. The van der Waals surface area contributed by atoms with Gasteiger partial charge >= 0.3 is 0 Å². The van der Waals surface area contributed by atoms with Crippen LogP contribution < -0.4 is 11.1 Å². The number of hydrogen-bond donors (Lipinski definition) is 2. The zero-order chi connectivity index (χ0) is 13.3. The van der Waals surface area contributed by atoms with Crippen molar-refractivity contribution in [3.05, 3.63) is 65.7 Å². The highest BCUT2D eigenvalue weighted by Crippen LogP contribution is 2.08. The standard InChI is InChI=1S/C17H22N2.2ClH/c18-17-10-4-8-16(14-17)9-5-12-19-13-11-15-6-2-1-3-7-15;;/h1-4,6-8,10,14,19H,5,9,11-13,18H2;2*1H. The SMILES string of the molecule is Cl.Cl.Nc1cccc(CCCNCCc2ccccc2)c1. The van der Waals surface area contributed by atoms with Crippen LogP contribution in [-0.4, -0.2) is 13.1 Å². The first kappa shape index (κ1) is 19.8. The summed E-state index contributed by atoms with van der Waals surface area (Å²) in [6.45, 7) is 2.10. The summed E-state index contributed by atoms with van der Waals surface area (Å²) in [7, 11) is 0. The molecule has 2 rings (SSSR count). The average Bonchev–Trinajstić information content (AvgIpc) is 2.44. The summed E-state index contributed by atoms with van der Waals surface area (Å²) in [5.74, 6) is 0. The molecule has 0 aromatic heterocycles. The molecule has 116 valence electrons. The molecule has 0 heterocycles. The molecule has 0 aliphatic heterocycles. The quantitative estimate of drug-likeness (QED) is 0.598. The van der Waals surface area contributed by atoms with Crippen molar-refractivity contribution in [2.45, 2.75) is 19.3 Å². The Labute approximate surface area is 140 Å². The maximum atomic E-state index is 5.76. The molecule has 2 aromatic carbocycles. The van der Waals surface area contributed by atoms with Crippen molar-refractivity contribution in [2.24, 2.45) is 0 Å². The van der Waals surface area contributed by atoms with E-state index >= 15 is 0 Å². The third kappa shape index (κ3) is 7.96. The highest BCUT2D eigenvalue weighted by molar-refractivity contribution is 5.85. The molecule has 0 aliphatic rings.